The highest BCUT2D eigenvalue weighted by molar-refractivity contribution is 5.88. The lowest BCUT2D eigenvalue weighted by Gasteiger charge is -2.26. The first-order valence-electron chi connectivity index (χ1n) is 12.9. The quantitative estimate of drug-likeness (QED) is 0.306. The largest absolute Gasteiger partial charge is 0.458 e. The van der Waals surface area contributed by atoms with Crippen LogP contribution in [0.2, 0.25) is 0 Å². The molecule has 0 radical (unpaired) electrons. The Kier molecular flexibility index (Phi) is 10.1. The summed E-state index contributed by atoms with van der Waals surface area (Å²) in [5.41, 5.74) is 1.52. The number of benzene rings is 3. The average molecular weight is 490 g/mol. The van der Waals surface area contributed by atoms with Crippen LogP contribution in [-0.4, -0.2) is 30.1 Å². The summed E-state index contributed by atoms with van der Waals surface area (Å²) in [4.78, 5) is 26.5. The molecule has 0 saturated carbocycles. The fraction of sp³-hybridized carbons (Fsp3) is 0.419. The van der Waals surface area contributed by atoms with Gasteiger partial charge in [0.1, 0.15) is 11.6 Å². The van der Waals surface area contributed by atoms with Gasteiger partial charge in [-0.1, -0.05) is 92.6 Å². The van der Waals surface area contributed by atoms with E-state index < -0.39 is 23.5 Å². The number of hydrogen-bond donors (Lipinski definition) is 1. The highest BCUT2D eigenvalue weighted by Crippen LogP contribution is 2.22. The van der Waals surface area contributed by atoms with Gasteiger partial charge >= 0.3 is 5.97 Å². The van der Waals surface area contributed by atoms with E-state index in [0.29, 0.717) is 19.4 Å². The first-order valence-corrected chi connectivity index (χ1v) is 12.9. The summed E-state index contributed by atoms with van der Waals surface area (Å²) in [6, 6.07) is 23.6. The zero-order chi connectivity index (χ0) is 26.0. The molecule has 2 atom stereocenters. The molecule has 192 valence electrons. The zero-order valence-corrected chi connectivity index (χ0v) is 22.0. The molecule has 0 unspecified atom stereocenters. The highest BCUT2D eigenvalue weighted by Gasteiger charge is 2.29. The second-order valence-corrected chi connectivity index (χ2v) is 10.3. The Labute approximate surface area is 215 Å². The van der Waals surface area contributed by atoms with Gasteiger partial charge in [-0.15, -0.1) is 0 Å². The van der Waals surface area contributed by atoms with Crippen LogP contribution >= 0.6 is 0 Å². The number of fused-ring (bicyclic) bond motifs is 1. The van der Waals surface area contributed by atoms with Crippen LogP contribution < -0.4 is 5.32 Å². The predicted molar refractivity (Wildman–Crippen MR) is 145 cm³/mol. The highest BCUT2D eigenvalue weighted by atomic mass is 16.6. The van der Waals surface area contributed by atoms with Gasteiger partial charge in [-0.25, -0.2) is 4.79 Å². The molecule has 0 bridgehead atoms. The third-order valence-electron chi connectivity index (χ3n) is 6.00. The summed E-state index contributed by atoms with van der Waals surface area (Å²) in [5.74, 6) is -1.03. The SMILES string of the molecule is CCCC[C@H](NC(=O)[C@@H](COCc1ccccc1)Cc1cccc2ccccc12)C(=O)OC(C)(C)C. The third kappa shape index (κ3) is 8.49. The van der Waals surface area contributed by atoms with Crippen molar-refractivity contribution >= 4 is 22.6 Å². The summed E-state index contributed by atoms with van der Waals surface area (Å²) in [7, 11) is 0. The molecule has 0 spiro atoms. The molecule has 3 rings (SSSR count). The lowest BCUT2D eigenvalue weighted by molar-refractivity contribution is -0.159. The van der Waals surface area contributed by atoms with Gasteiger partial charge in [-0.3, -0.25) is 4.79 Å². The maximum atomic E-state index is 13.6. The fourth-order valence-corrected chi connectivity index (χ4v) is 4.18. The number of rotatable bonds is 12. The number of nitrogens with one attached hydrogen (secondary N) is 1. The number of unbranched alkanes of at least 4 members (excludes halogenated alkanes) is 1. The molecule has 0 aromatic heterocycles. The van der Waals surface area contributed by atoms with Crippen molar-refractivity contribution in [3.63, 3.8) is 0 Å². The zero-order valence-electron chi connectivity index (χ0n) is 22.0. The van der Waals surface area contributed by atoms with Crippen molar-refractivity contribution in [1.82, 2.24) is 5.32 Å². The lowest BCUT2D eigenvalue weighted by Crippen LogP contribution is -2.47. The van der Waals surface area contributed by atoms with Crippen molar-refractivity contribution < 1.29 is 19.1 Å². The van der Waals surface area contributed by atoms with E-state index in [2.05, 4.69) is 36.5 Å². The molecule has 36 heavy (non-hydrogen) atoms. The standard InChI is InChI=1S/C31H39NO4/c1-5-6-19-28(30(34)36-31(2,3)4)32-29(33)26(22-35-21-23-13-8-7-9-14-23)20-25-17-12-16-24-15-10-11-18-27(24)25/h7-18,26,28H,5-6,19-22H2,1-4H3,(H,32,33)/t26-,28+/m1/s1. The van der Waals surface area contributed by atoms with Gasteiger partial charge in [0, 0.05) is 0 Å². The Balaban J connectivity index is 1.79. The van der Waals surface area contributed by atoms with Crippen molar-refractivity contribution in [2.75, 3.05) is 6.61 Å². The average Bonchev–Trinajstić information content (AvgIpc) is 2.85. The van der Waals surface area contributed by atoms with Crippen LogP contribution in [0, 0.1) is 5.92 Å². The van der Waals surface area contributed by atoms with E-state index >= 15 is 0 Å². The number of hydrogen-bond acceptors (Lipinski definition) is 4. The Morgan fingerprint density at radius 1 is 0.917 bits per heavy atom. The van der Waals surface area contributed by atoms with Gasteiger partial charge in [-0.2, -0.15) is 0 Å². The van der Waals surface area contributed by atoms with Crippen LogP contribution in [-0.2, 0) is 32.1 Å². The van der Waals surface area contributed by atoms with Gasteiger partial charge in [0.25, 0.3) is 0 Å². The minimum absolute atomic E-state index is 0.192. The number of carbonyl (C=O) groups excluding carboxylic acids is 2. The second-order valence-electron chi connectivity index (χ2n) is 10.3. The summed E-state index contributed by atoms with van der Waals surface area (Å²) in [6.07, 6.45) is 2.80. The second kappa shape index (κ2) is 13.2. The first-order chi connectivity index (χ1) is 17.3. The van der Waals surface area contributed by atoms with Gasteiger partial charge in [0.05, 0.1) is 19.1 Å². The van der Waals surface area contributed by atoms with E-state index in [1.165, 1.54) is 0 Å². The van der Waals surface area contributed by atoms with Crippen LogP contribution in [0.3, 0.4) is 0 Å². The van der Waals surface area contributed by atoms with Gasteiger partial charge in [0.15, 0.2) is 0 Å². The molecular formula is C31H39NO4. The van der Waals surface area contributed by atoms with Crippen LogP contribution in [0.15, 0.2) is 72.8 Å². The van der Waals surface area contributed by atoms with Gasteiger partial charge < -0.3 is 14.8 Å². The van der Waals surface area contributed by atoms with Crippen molar-refractivity contribution in [1.29, 1.82) is 0 Å². The van der Waals surface area contributed by atoms with Crippen LogP contribution in [0.4, 0.5) is 0 Å². The maximum absolute atomic E-state index is 13.6. The topological polar surface area (TPSA) is 64.6 Å². The van der Waals surface area contributed by atoms with Crippen molar-refractivity contribution in [2.24, 2.45) is 5.92 Å². The fourth-order valence-electron chi connectivity index (χ4n) is 4.18. The normalized spacial score (nSPS) is 13.2. The van der Waals surface area contributed by atoms with Gasteiger partial charge in [0.2, 0.25) is 5.91 Å². The van der Waals surface area contributed by atoms with E-state index in [9.17, 15) is 9.59 Å². The predicted octanol–water partition coefficient (Wildman–Crippen LogP) is 6.23. The first kappa shape index (κ1) is 27.4. The summed E-state index contributed by atoms with van der Waals surface area (Å²) in [6.45, 7) is 8.25. The molecule has 1 N–H and O–H groups in total. The summed E-state index contributed by atoms with van der Waals surface area (Å²) < 4.78 is 11.6. The number of ether oxygens (including phenoxy) is 2. The molecular weight excluding hydrogens is 450 g/mol. The van der Waals surface area contributed by atoms with Gasteiger partial charge in [-0.05, 0) is 55.5 Å². The smallest absolute Gasteiger partial charge is 0.329 e. The van der Waals surface area contributed by atoms with E-state index in [1.54, 1.807) is 0 Å². The Morgan fingerprint density at radius 3 is 2.33 bits per heavy atom. The van der Waals surface area contributed by atoms with Crippen molar-refractivity contribution in [2.45, 2.75) is 71.6 Å². The number of esters is 1. The minimum Gasteiger partial charge on any atom is -0.458 e. The van der Waals surface area contributed by atoms with Crippen LogP contribution in [0.25, 0.3) is 10.8 Å². The summed E-state index contributed by atoms with van der Waals surface area (Å²) in [5, 5.41) is 5.25. The molecule has 0 aliphatic carbocycles. The molecule has 0 saturated heterocycles. The lowest BCUT2D eigenvalue weighted by atomic mass is 9.94. The van der Waals surface area contributed by atoms with E-state index in [-0.39, 0.29) is 12.5 Å². The summed E-state index contributed by atoms with van der Waals surface area (Å²) >= 11 is 0. The molecule has 0 heterocycles. The van der Waals surface area contributed by atoms with Crippen LogP contribution in [0.1, 0.15) is 58.1 Å². The van der Waals surface area contributed by atoms with Crippen molar-refractivity contribution in [3.8, 4) is 0 Å². The van der Waals surface area contributed by atoms with Crippen LogP contribution in [0.5, 0.6) is 0 Å². The molecule has 3 aromatic rings. The monoisotopic (exact) mass is 489 g/mol. The van der Waals surface area contributed by atoms with Crippen molar-refractivity contribution in [3.05, 3.63) is 83.9 Å². The molecule has 1 amide bonds. The molecule has 3 aromatic carbocycles. The number of carbonyl (C=O) groups is 2. The number of amides is 1. The Morgan fingerprint density at radius 2 is 1.61 bits per heavy atom. The minimum atomic E-state index is -0.680. The third-order valence-corrected chi connectivity index (χ3v) is 6.00. The van der Waals surface area contributed by atoms with E-state index in [1.807, 2.05) is 69.3 Å². The molecule has 0 aliphatic rings. The van der Waals surface area contributed by atoms with E-state index in [4.69, 9.17) is 9.47 Å². The van der Waals surface area contributed by atoms with E-state index in [0.717, 1.165) is 34.7 Å². The Bertz CT molecular complexity index is 1110. The molecule has 5 heteroatoms. The molecule has 0 fully saturated rings. The molecule has 0 aliphatic heterocycles. The maximum Gasteiger partial charge on any atom is 0.329 e. The Hall–Kier alpha value is -3.18. The molecule has 5 nitrogen and oxygen atoms in total.